The van der Waals surface area contributed by atoms with E-state index in [1.807, 2.05) is 0 Å². The van der Waals surface area contributed by atoms with Crippen LogP contribution in [0.1, 0.15) is 12.8 Å². The Morgan fingerprint density at radius 1 is 1.29 bits per heavy atom. The lowest BCUT2D eigenvalue weighted by Crippen LogP contribution is -2.55. The highest BCUT2D eigenvalue weighted by molar-refractivity contribution is 8.02. The second-order valence-electron chi connectivity index (χ2n) is 8.67. The van der Waals surface area contributed by atoms with Crippen molar-refractivity contribution in [1.29, 1.82) is 0 Å². The number of thioether (sulfide) groups is 1. The Morgan fingerprint density at radius 2 is 2.03 bits per heavy atom. The smallest absolute Gasteiger partial charge is 0.311 e. The van der Waals surface area contributed by atoms with Crippen molar-refractivity contribution in [2.45, 2.75) is 28.9 Å². The van der Waals surface area contributed by atoms with Crippen molar-refractivity contribution in [2.24, 2.45) is 11.8 Å². The summed E-state index contributed by atoms with van der Waals surface area (Å²) in [6.07, 6.45) is 4.51. The molecule has 182 valence electrons. The molecule has 5 atom stereocenters. The minimum Gasteiger partial charge on any atom is -0.497 e. The van der Waals surface area contributed by atoms with E-state index in [4.69, 9.17) is 9.47 Å². The highest BCUT2D eigenvalue weighted by atomic mass is 32.2. The molecule has 3 aliphatic heterocycles. The number of nitrogens with zero attached hydrogens (tertiary/aromatic N) is 2. The van der Waals surface area contributed by atoms with Crippen molar-refractivity contribution >= 4 is 35.2 Å². The molecule has 3 aliphatic rings. The van der Waals surface area contributed by atoms with Crippen LogP contribution >= 0.6 is 11.8 Å². The number of esters is 1. The maximum Gasteiger partial charge on any atom is 0.311 e. The average molecular weight is 487 g/mol. The van der Waals surface area contributed by atoms with E-state index in [1.54, 1.807) is 54.1 Å². The van der Waals surface area contributed by atoms with E-state index in [1.165, 1.54) is 11.0 Å². The van der Waals surface area contributed by atoms with Gasteiger partial charge in [-0.05, 0) is 37.1 Å². The third-order valence-electron chi connectivity index (χ3n) is 6.95. The maximum atomic E-state index is 14.1. The molecule has 0 radical (unpaired) electrons. The summed E-state index contributed by atoms with van der Waals surface area (Å²) in [6.45, 7) is 7.46. The zero-order chi connectivity index (χ0) is 24.5. The van der Waals surface area contributed by atoms with Gasteiger partial charge < -0.3 is 24.4 Å². The van der Waals surface area contributed by atoms with Gasteiger partial charge >= 0.3 is 5.97 Å². The number of amides is 2. The van der Waals surface area contributed by atoms with E-state index in [9.17, 15) is 19.5 Å². The Bertz CT molecular complexity index is 982. The first-order valence-electron chi connectivity index (χ1n) is 11.4. The van der Waals surface area contributed by atoms with E-state index in [2.05, 4.69) is 13.2 Å². The van der Waals surface area contributed by atoms with E-state index in [0.29, 0.717) is 17.9 Å². The fraction of sp³-hybridized carbons (Fsp3) is 0.480. The summed E-state index contributed by atoms with van der Waals surface area (Å²) in [5.74, 6) is -1.54. The van der Waals surface area contributed by atoms with Crippen molar-refractivity contribution < 1.29 is 29.0 Å². The Hall–Kier alpha value is -2.78. The summed E-state index contributed by atoms with van der Waals surface area (Å²) in [7, 11) is 1.57. The summed E-state index contributed by atoms with van der Waals surface area (Å²) in [5.41, 5.74) is 0.654. The molecule has 1 N–H and O–H groups in total. The number of benzene rings is 1. The van der Waals surface area contributed by atoms with E-state index < -0.39 is 28.6 Å². The molecule has 3 heterocycles. The SMILES string of the molecule is C=CCOC(=O)[C@@H]1[C@H]2C(=O)N(CCO)C(C(=O)N(CC=C)c3ccc(OC)cc3)C23CC[C@H]1S3. The van der Waals surface area contributed by atoms with Gasteiger partial charge in [0.2, 0.25) is 5.91 Å². The van der Waals surface area contributed by atoms with Crippen LogP contribution in [-0.2, 0) is 19.1 Å². The second-order valence-corrected chi connectivity index (χ2v) is 10.3. The number of carbonyl (C=O) groups is 3. The number of likely N-dealkylation sites (tertiary alicyclic amines) is 1. The molecular formula is C25H30N2O6S. The third-order valence-corrected chi connectivity index (χ3v) is 8.90. The van der Waals surface area contributed by atoms with Gasteiger partial charge in [0, 0.05) is 24.0 Å². The van der Waals surface area contributed by atoms with Crippen LogP contribution in [0.25, 0.3) is 0 Å². The number of hydrogen-bond donors (Lipinski definition) is 1. The highest BCUT2D eigenvalue weighted by Crippen LogP contribution is 2.66. The molecule has 3 fully saturated rings. The standard InChI is InChI=1S/C25H30N2O6S/c1-4-12-26(16-6-8-17(32-3)9-7-16)23(30)21-25-11-10-18(34-25)19(24(31)33-15-5-2)20(25)22(29)27(21)13-14-28/h4-9,18-21,28H,1-2,10-15H2,3H3/t18-,19+,20+,21?,25?/m1/s1. The lowest BCUT2D eigenvalue weighted by Gasteiger charge is -2.37. The monoisotopic (exact) mass is 486 g/mol. The summed E-state index contributed by atoms with van der Waals surface area (Å²) >= 11 is 1.56. The molecule has 3 saturated heterocycles. The molecule has 1 aromatic rings. The number of fused-ring (bicyclic) bond motifs is 1. The highest BCUT2D eigenvalue weighted by Gasteiger charge is 2.74. The molecule has 34 heavy (non-hydrogen) atoms. The topological polar surface area (TPSA) is 96.4 Å². The molecule has 4 rings (SSSR count). The van der Waals surface area contributed by atoms with E-state index in [0.717, 1.165) is 6.42 Å². The van der Waals surface area contributed by atoms with Crippen LogP contribution in [0, 0.1) is 11.8 Å². The minimum atomic E-state index is -0.800. The first-order chi connectivity index (χ1) is 16.4. The lowest BCUT2D eigenvalue weighted by molar-refractivity contribution is -0.153. The van der Waals surface area contributed by atoms with Crippen LogP contribution in [-0.4, -0.2) is 77.2 Å². The quantitative estimate of drug-likeness (QED) is 0.399. The van der Waals surface area contributed by atoms with Gasteiger partial charge in [-0.25, -0.2) is 0 Å². The minimum absolute atomic E-state index is 0.0255. The molecule has 1 spiro atoms. The number of carbonyl (C=O) groups excluding carboxylic acids is 3. The molecule has 9 heteroatoms. The van der Waals surface area contributed by atoms with Gasteiger partial charge in [-0.15, -0.1) is 18.3 Å². The molecule has 2 unspecified atom stereocenters. The van der Waals surface area contributed by atoms with Gasteiger partial charge in [0.25, 0.3) is 5.91 Å². The molecule has 8 nitrogen and oxygen atoms in total. The van der Waals surface area contributed by atoms with Crippen LogP contribution in [0.5, 0.6) is 5.75 Å². The molecule has 2 bridgehead atoms. The first-order valence-corrected chi connectivity index (χ1v) is 12.2. The molecule has 1 aromatic carbocycles. The molecule has 0 saturated carbocycles. The number of hydrogen-bond acceptors (Lipinski definition) is 7. The second kappa shape index (κ2) is 9.84. The lowest BCUT2D eigenvalue weighted by atomic mass is 9.71. The molecular weight excluding hydrogens is 456 g/mol. The van der Waals surface area contributed by atoms with Crippen molar-refractivity contribution in [3.8, 4) is 5.75 Å². The fourth-order valence-electron chi connectivity index (χ4n) is 5.65. The van der Waals surface area contributed by atoms with Crippen molar-refractivity contribution in [3.63, 3.8) is 0 Å². The first kappa shape index (κ1) is 24.3. The van der Waals surface area contributed by atoms with Gasteiger partial charge in [-0.1, -0.05) is 18.7 Å². The molecule has 2 amide bonds. The third kappa shape index (κ3) is 3.80. The van der Waals surface area contributed by atoms with Gasteiger partial charge in [-0.3, -0.25) is 14.4 Å². The van der Waals surface area contributed by atoms with Gasteiger partial charge in [0.15, 0.2) is 0 Å². The normalized spacial score (nSPS) is 29.0. The Labute approximate surface area is 203 Å². The molecule has 0 aliphatic carbocycles. The zero-order valence-corrected chi connectivity index (χ0v) is 20.0. The number of β-amino-alcohol motifs (C(OH)–C–C–N with tert-alkyl or cyclic N) is 1. The van der Waals surface area contributed by atoms with Crippen LogP contribution in [0.4, 0.5) is 5.69 Å². The number of anilines is 1. The number of aliphatic hydroxyl groups excluding tert-OH is 1. The van der Waals surface area contributed by atoms with E-state index in [-0.39, 0.29) is 43.4 Å². The Kier molecular flexibility index (Phi) is 7.04. The summed E-state index contributed by atoms with van der Waals surface area (Å²) in [6, 6.07) is 6.32. The van der Waals surface area contributed by atoms with Gasteiger partial charge in [0.05, 0.1) is 30.3 Å². The largest absolute Gasteiger partial charge is 0.497 e. The number of rotatable bonds is 10. The van der Waals surface area contributed by atoms with Crippen molar-refractivity contribution in [1.82, 2.24) is 4.90 Å². The Morgan fingerprint density at radius 3 is 2.65 bits per heavy atom. The predicted molar refractivity (Wildman–Crippen MR) is 130 cm³/mol. The summed E-state index contributed by atoms with van der Waals surface area (Å²) in [4.78, 5) is 43.7. The average Bonchev–Trinajstić information content (AvgIpc) is 3.49. The van der Waals surface area contributed by atoms with E-state index >= 15 is 0 Å². The summed E-state index contributed by atoms with van der Waals surface area (Å²) in [5, 5.41) is 9.65. The maximum absolute atomic E-state index is 14.1. The van der Waals surface area contributed by atoms with Crippen molar-refractivity contribution in [2.75, 3.05) is 38.3 Å². The van der Waals surface area contributed by atoms with Gasteiger partial charge in [0.1, 0.15) is 18.4 Å². The molecule has 0 aromatic heterocycles. The zero-order valence-electron chi connectivity index (χ0n) is 19.2. The Balaban J connectivity index is 1.72. The van der Waals surface area contributed by atoms with Crippen LogP contribution in [0.2, 0.25) is 0 Å². The summed E-state index contributed by atoms with van der Waals surface area (Å²) < 4.78 is 9.83. The number of aliphatic hydroxyl groups is 1. The number of methoxy groups -OCH3 is 1. The van der Waals surface area contributed by atoms with Gasteiger partial charge in [-0.2, -0.15) is 0 Å². The fourth-order valence-corrected chi connectivity index (χ4v) is 7.85. The van der Waals surface area contributed by atoms with Crippen molar-refractivity contribution in [3.05, 3.63) is 49.6 Å². The van der Waals surface area contributed by atoms with Crippen LogP contribution in [0.15, 0.2) is 49.6 Å². The van der Waals surface area contributed by atoms with Crippen LogP contribution in [0.3, 0.4) is 0 Å². The van der Waals surface area contributed by atoms with Crippen LogP contribution < -0.4 is 9.64 Å². The predicted octanol–water partition coefficient (Wildman–Crippen LogP) is 2.03. The number of ether oxygens (including phenoxy) is 2.